The molecule has 3 aromatic rings. The number of thioether (sulfide) groups is 1. The first-order valence-electron chi connectivity index (χ1n) is 11.7. The molecule has 1 fully saturated rings. The van der Waals surface area contributed by atoms with E-state index in [0.717, 1.165) is 27.1 Å². The fourth-order valence-electron chi connectivity index (χ4n) is 4.46. The summed E-state index contributed by atoms with van der Waals surface area (Å²) in [6.07, 6.45) is 1.62. The number of nitrogens with two attached hydrogens (primary N) is 1. The van der Waals surface area contributed by atoms with Crippen LogP contribution in [-0.4, -0.2) is 27.6 Å². The molecule has 2 heterocycles. The summed E-state index contributed by atoms with van der Waals surface area (Å²) in [5, 5.41) is -0.363. The van der Waals surface area contributed by atoms with Crippen LogP contribution in [-0.2, 0) is 26.2 Å². The van der Waals surface area contributed by atoms with Crippen LogP contribution in [0.25, 0.3) is 10.2 Å². The van der Waals surface area contributed by atoms with E-state index < -0.39 is 16.8 Å². The number of thiazole rings is 1. The van der Waals surface area contributed by atoms with Crippen LogP contribution in [0.5, 0.6) is 0 Å². The lowest BCUT2D eigenvalue weighted by Gasteiger charge is -2.41. The molecule has 7 heteroatoms. The van der Waals surface area contributed by atoms with Gasteiger partial charge in [-0.25, -0.2) is 4.98 Å². The van der Waals surface area contributed by atoms with E-state index in [1.54, 1.807) is 0 Å². The molecule has 0 amide bonds. The number of hydrogen-bond donors (Lipinski definition) is 1. The van der Waals surface area contributed by atoms with Gasteiger partial charge in [0.25, 0.3) is 0 Å². The highest BCUT2D eigenvalue weighted by Gasteiger charge is 2.49. The summed E-state index contributed by atoms with van der Waals surface area (Å²) in [5.74, 6) is -0.463. The number of ketones is 1. The number of esters is 1. The van der Waals surface area contributed by atoms with Gasteiger partial charge in [-0.3, -0.25) is 9.59 Å². The van der Waals surface area contributed by atoms with Crippen molar-refractivity contribution in [1.82, 2.24) is 4.98 Å². The first-order valence-corrected chi connectivity index (χ1v) is 13.3. The van der Waals surface area contributed by atoms with Crippen LogP contribution in [0, 0.1) is 5.92 Å². The molecule has 34 heavy (non-hydrogen) atoms. The van der Waals surface area contributed by atoms with Crippen molar-refractivity contribution in [2.45, 2.75) is 75.0 Å². The van der Waals surface area contributed by atoms with Crippen molar-refractivity contribution in [3.63, 3.8) is 0 Å². The highest BCUT2D eigenvalue weighted by molar-refractivity contribution is 8.01. The number of nitrogen functional groups attached to an aromatic ring is 1. The summed E-state index contributed by atoms with van der Waals surface area (Å²) in [5.41, 5.74) is 8.03. The second-order valence-corrected chi connectivity index (χ2v) is 12.6. The van der Waals surface area contributed by atoms with Gasteiger partial charge in [0.15, 0.2) is 16.2 Å². The molecule has 2 aromatic carbocycles. The summed E-state index contributed by atoms with van der Waals surface area (Å²) >= 11 is 2.71. The molecule has 180 valence electrons. The Kier molecular flexibility index (Phi) is 6.80. The van der Waals surface area contributed by atoms with Gasteiger partial charge in [0, 0.05) is 11.3 Å². The number of fused-ring (bicyclic) bond motifs is 1. The largest absolute Gasteiger partial charge is 0.457 e. The molecule has 1 aromatic heterocycles. The van der Waals surface area contributed by atoms with Crippen molar-refractivity contribution in [2.75, 3.05) is 5.73 Å². The Labute approximate surface area is 209 Å². The van der Waals surface area contributed by atoms with Gasteiger partial charge in [-0.15, -0.1) is 11.8 Å². The number of rotatable bonds is 6. The molecule has 0 bridgehead atoms. The fourth-order valence-corrected chi connectivity index (χ4v) is 6.58. The minimum absolute atomic E-state index is 0.0386. The highest BCUT2D eigenvalue weighted by atomic mass is 32.2. The Bertz CT molecular complexity index is 1190. The van der Waals surface area contributed by atoms with Gasteiger partial charge in [0.2, 0.25) is 0 Å². The van der Waals surface area contributed by atoms with Gasteiger partial charge in [-0.05, 0) is 47.4 Å². The predicted octanol–water partition coefficient (Wildman–Crippen LogP) is 6.18. The third kappa shape index (κ3) is 5.01. The van der Waals surface area contributed by atoms with E-state index in [1.165, 1.54) is 28.7 Å². The van der Waals surface area contributed by atoms with E-state index in [1.807, 2.05) is 44.2 Å². The number of aryl methyl sites for hydroxylation is 1. The smallest absolute Gasteiger partial charge is 0.327 e. The molecule has 0 radical (unpaired) electrons. The minimum Gasteiger partial charge on any atom is -0.457 e. The number of nitrogens with zero attached hydrogens (tertiary/aromatic N) is 1. The Morgan fingerprint density at radius 1 is 1.21 bits per heavy atom. The number of carbonyl (C=O) groups excluding carboxylic acids is 2. The van der Waals surface area contributed by atoms with Crippen LogP contribution < -0.4 is 5.73 Å². The zero-order valence-corrected chi connectivity index (χ0v) is 22.0. The van der Waals surface area contributed by atoms with E-state index in [0.29, 0.717) is 11.6 Å². The van der Waals surface area contributed by atoms with Crippen LogP contribution in [0.15, 0.2) is 47.4 Å². The number of ether oxygens (including phenoxy) is 1. The predicted molar refractivity (Wildman–Crippen MR) is 140 cm³/mol. The maximum atomic E-state index is 13.4. The third-order valence-electron chi connectivity index (χ3n) is 6.57. The number of Topliss-reactive ketones (excluding diaryl/α,β-unsaturated/α-hetero) is 1. The first-order chi connectivity index (χ1) is 16.0. The molecule has 0 aliphatic carbocycles. The van der Waals surface area contributed by atoms with Crippen LogP contribution in [0.1, 0.15) is 58.6 Å². The van der Waals surface area contributed by atoms with Crippen LogP contribution in [0.2, 0.25) is 0 Å². The third-order valence-corrected chi connectivity index (χ3v) is 8.70. The minimum atomic E-state index is -0.868. The van der Waals surface area contributed by atoms with Crippen molar-refractivity contribution in [3.8, 4) is 0 Å². The van der Waals surface area contributed by atoms with Crippen molar-refractivity contribution >= 4 is 50.2 Å². The zero-order valence-electron chi connectivity index (χ0n) is 20.4. The lowest BCUT2D eigenvalue weighted by molar-refractivity contribution is -0.176. The number of cyclic esters (lactones) is 1. The summed E-state index contributed by atoms with van der Waals surface area (Å²) in [6.45, 7) is 10.4. The monoisotopic (exact) mass is 496 g/mol. The standard InChI is InChI=1S/C27H32N2O3S2/c1-16(2)27(12-11-17-9-7-6-8-10-17)15-20(30)23(24(31)32-27)33-21-14-22-19(29-25(28)34-22)13-18(21)26(3,4)5/h6-10,13-14,16,23H,11-12,15H2,1-5H3,(H2,28,29)/t23?,27-/m0/s1. The summed E-state index contributed by atoms with van der Waals surface area (Å²) in [7, 11) is 0. The van der Waals surface area contributed by atoms with Crippen molar-refractivity contribution < 1.29 is 14.3 Å². The maximum absolute atomic E-state index is 13.4. The van der Waals surface area contributed by atoms with Crippen molar-refractivity contribution in [3.05, 3.63) is 53.6 Å². The van der Waals surface area contributed by atoms with E-state index in [-0.39, 0.29) is 23.5 Å². The molecule has 0 spiro atoms. The van der Waals surface area contributed by atoms with Gasteiger partial charge in [0.1, 0.15) is 5.60 Å². The SMILES string of the molecule is CC(C)[C@]1(CCc2ccccc2)CC(=O)C(Sc2cc3sc(N)nc3cc2C(C)(C)C)C(=O)O1. The van der Waals surface area contributed by atoms with Crippen LogP contribution in [0.4, 0.5) is 5.13 Å². The molecule has 2 N–H and O–H groups in total. The van der Waals surface area contributed by atoms with Gasteiger partial charge in [0.05, 0.1) is 10.2 Å². The molecule has 1 aliphatic heterocycles. The molecular formula is C27H32N2O3S2. The molecule has 2 atom stereocenters. The summed E-state index contributed by atoms with van der Waals surface area (Å²) in [4.78, 5) is 32.0. The maximum Gasteiger partial charge on any atom is 0.327 e. The quantitative estimate of drug-likeness (QED) is 0.324. The van der Waals surface area contributed by atoms with Gasteiger partial charge < -0.3 is 10.5 Å². The second kappa shape index (κ2) is 9.34. The van der Waals surface area contributed by atoms with Gasteiger partial charge in [-0.2, -0.15) is 0 Å². The van der Waals surface area contributed by atoms with E-state index in [4.69, 9.17) is 10.5 Å². The lowest BCUT2D eigenvalue weighted by atomic mass is 9.78. The molecule has 5 nitrogen and oxygen atoms in total. The number of carbonyl (C=O) groups is 2. The Balaban J connectivity index is 1.60. The summed E-state index contributed by atoms with van der Waals surface area (Å²) < 4.78 is 7.07. The number of benzene rings is 2. The van der Waals surface area contributed by atoms with Gasteiger partial charge >= 0.3 is 5.97 Å². The number of aromatic nitrogens is 1. The lowest BCUT2D eigenvalue weighted by Crippen LogP contribution is -2.52. The van der Waals surface area contributed by atoms with E-state index >= 15 is 0 Å². The fraction of sp³-hybridized carbons (Fsp3) is 0.444. The number of anilines is 1. The normalized spacial score (nSPS) is 21.3. The second-order valence-electron chi connectivity index (χ2n) is 10.4. The van der Waals surface area contributed by atoms with E-state index in [2.05, 4.69) is 37.9 Å². The molecule has 1 unspecified atom stereocenters. The Morgan fingerprint density at radius 2 is 1.91 bits per heavy atom. The molecule has 1 saturated heterocycles. The molecule has 0 saturated carbocycles. The van der Waals surface area contributed by atoms with Crippen LogP contribution >= 0.6 is 23.1 Å². The topological polar surface area (TPSA) is 82.3 Å². The molecule has 4 rings (SSSR count). The average molecular weight is 497 g/mol. The zero-order chi connectivity index (χ0) is 24.7. The van der Waals surface area contributed by atoms with Gasteiger partial charge in [-0.1, -0.05) is 76.3 Å². The summed E-state index contributed by atoms with van der Waals surface area (Å²) in [6, 6.07) is 14.2. The Morgan fingerprint density at radius 3 is 2.53 bits per heavy atom. The number of hydrogen-bond acceptors (Lipinski definition) is 7. The Hall–Kier alpha value is -2.38. The van der Waals surface area contributed by atoms with Crippen molar-refractivity contribution in [2.24, 2.45) is 5.92 Å². The van der Waals surface area contributed by atoms with Crippen LogP contribution in [0.3, 0.4) is 0 Å². The molecule has 1 aliphatic rings. The van der Waals surface area contributed by atoms with E-state index in [9.17, 15) is 9.59 Å². The highest BCUT2D eigenvalue weighted by Crippen LogP contribution is 2.43. The average Bonchev–Trinajstić information content (AvgIpc) is 3.13. The van der Waals surface area contributed by atoms with Crippen molar-refractivity contribution in [1.29, 1.82) is 0 Å². The molecular weight excluding hydrogens is 464 g/mol. The first kappa shape index (κ1) is 24.7.